The van der Waals surface area contributed by atoms with Crippen LogP contribution in [-0.4, -0.2) is 34.7 Å². The van der Waals surface area contributed by atoms with E-state index in [1.807, 2.05) is 56.3 Å². The van der Waals surface area contributed by atoms with E-state index < -0.39 is 17.7 Å². The summed E-state index contributed by atoms with van der Waals surface area (Å²) >= 11 is 1.04. The van der Waals surface area contributed by atoms with Crippen LogP contribution in [0.1, 0.15) is 56.1 Å². The first-order valence-corrected chi connectivity index (χ1v) is 14.1. The normalized spacial score (nSPS) is 16.1. The van der Waals surface area contributed by atoms with E-state index in [0.717, 1.165) is 28.0 Å². The van der Waals surface area contributed by atoms with Gasteiger partial charge < -0.3 is 14.6 Å². The Balaban J connectivity index is 1.66. The van der Waals surface area contributed by atoms with Crippen molar-refractivity contribution in [1.29, 1.82) is 0 Å². The smallest absolute Gasteiger partial charge is 0.301 e. The van der Waals surface area contributed by atoms with Gasteiger partial charge in [-0.2, -0.15) is 0 Å². The van der Waals surface area contributed by atoms with Gasteiger partial charge in [-0.25, -0.2) is 4.98 Å². The van der Waals surface area contributed by atoms with Gasteiger partial charge >= 0.3 is 5.91 Å². The molecule has 5 rings (SSSR count). The summed E-state index contributed by atoms with van der Waals surface area (Å²) in [4.78, 5) is 45.6. The highest BCUT2D eigenvalue weighted by Crippen LogP contribution is 2.46. The second-order valence-electron chi connectivity index (χ2n) is 10.1. The number of carbonyl (C=O) groups excluding carboxylic acids is 3. The molecule has 0 saturated carbocycles. The van der Waals surface area contributed by atoms with Crippen LogP contribution in [0.2, 0.25) is 0 Å². The summed E-state index contributed by atoms with van der Waals surface area (Å²) in [5, 5.41) is 11.8. The Labute approximate surface area is 247 Å². The summed E-state index contributed by atoms with van der Waals surface area (Å²) in [5.74, 6) is -1.31. The number of ketones is 2. The second-order valence-corrected chi connectivity index (χ2v) is 11.1. The van der Waals surface area contributed by atoms with Crippen molar-refractivity contribution in [2.24, 2.45) is 0 Å². The maximum absolute atomic E-state index is 13.6. The Morgan fingerprint density at radius 2 is 1.74 bits per heavy atom. The molecule has 8 nitrogen and oxygen atoms in total. The molecule has 1 aliphatic rings. The van der Waals surface area contributed by atoms with E-state index in [9.17, 15) is 19.5 Å². The number of carbonyl (C=O) groups is 3. The van der Waals surface area contributed by atoms with Crippen LogP contribution >= 0.6 is 11.3 Å². The second kappa shape index (κ2) is 11.6. The molecule has 9 heteroatoms. The van der Waals surface area contributed by atoms with Crippen LogP contribution in [0, 0.1) is 20.8 Å². The number of methoxy groups -OCH3 is 1. The van der Waals surface area contributed by atoms with Crippen molar-refractivity contribution in [3.63, 3.8) is 0 Å². The highest BCUT2D eigenvalue weighted by atomic mass is 32.1. The van der Waals surface area contributed by atoms with E-state index in [1.165, 1.54) is 18.9 Å². The maximum Gasteiger partial charge on any atom is 0.301 e. The van der Waals surface area contributed by atoms with E-state index in [-0.39, 0.29) is 22.2 Å². The van der Waals surface area contributed by atoms with E-state index in [0.29, 0.717) is 39.8 Å². The molecule has 1 unspecified atom stereocenters. The van der Waals surface area contributed by atoms with Crippen molar-refractivity contribution in [2.45, 2.75) is 40.3 Å². The minimum atomic E-state index is -1.03. The summed E-state index contributed by atoms with van der Waals surface area (Å²) in [6.07, 6.45) is 0. The van der Waals surface area contributed by atoms with Crippen molar-refractivity contribution in [3.05, 3.63) is 111 Å². The van der Waals surface area contributed by atoms with E-state index in [4.69, 9.17) is 9.47 Å². The molecule has 0 spiro atoms. The fraction of sp³-hybridized carbons (Fsp3) is 0.212. The van der Waals surface area contributed by atoms with Gasteiger partial charge in [0.25, 0.3) is 5.78 Å². The van der Waals surface area contributed by atoms with Gasteiger partial charge in [-0.05, 0) is 55.7 Å². The number of hydrogen-bond donors (Lipinski definition) is 1. The molecule has 2 heterocycles. The molecule has 1 saturated heterocycles. The van der Waals surface area contributed by atoms with E-state index in [2.05, 4.69) is 4.98 Å². The fourth-order valence-electron chi connectivity index (χ4n) is 5.00. The number of amides is 1. The van der Waals surface area contributed by atoms with Crippen LogP contribution in [0.3, 0.4) is 0 Å². The van der Waals surface area contributed by atoms with Crippen LogP contribution in [0.25, 0.3) is 5.76 Å². The minimum absolute atomic E-state index is 0.0778. The van der Waals surface area contributed by atoms with Crippen LogP contribution in [0.5, 0.6) is 11.5 Å². The molecule has 1 aliphatic heterocycles. The molecule has 0 bridgehead atoms. The first kappa shape index (κ1) is 28.8. The van der Waals surface area contributed by atoms with Crippen molar-refractivity contribution >= 4 is 39.7 Å². The van der Waals surface area contributed by atoms with Crippen LogP contribution < -0.4 is 14.4 Å². The number of rotatable bonds is 8. The van der Waals surface area contributed by atoms with Crippen molar-refractivity contribution < 1.29 is 29.0 Å². The molecule has 1 fully saturated rings. The molecule has 0 radical (unpaired) electrons. The lowest BCUT2D eigenvalue weighted by atomic mass is 9.93. The number of nitrogens with zero attached hydrogens (tertiary/aromatic N) is 2. The van der Waals surface area contributed by atoms with Gasteiger partial charge in [-0.15, -0.1) is 0 Å². The molecule has 1 amide bonds. The Kier molecular flexibility index (Phi) is 7.95. The van der Waals surface area contributed by atoms with Gasteiger partial charge in [0.05, 0.1) is 29.3 Å². The molecular formula is C33H30N2O6S. The van der Waals surface area contributed by atoms with Crippen LogP contribution in [0.4, 0.5) is 5.13 Å². The van der Waals surface area contributed by atoms with E-state index >= 15 is 0 Å². The standard InChI is InChI=1S/C33H30N2O6S/c1-18-11-12-19(2)24(15-18)29(37)27-28(35(32(39)30(27)38)33-34-20(3)31(42-33)21(4)36)23-13-14-25(26(16-23)40-5)41-17-22-9-7-6-8-10-22/h6-16,28,37H,17H2,1-5H3. The predicted octanol–water partition coefficient (Wildman–Crippen LogP) is 6.48. The number of hydrogen-bond acceptors (Lipinski definition) is 8. The zero-order valence-electron chi connectivity index (χ0n) is 23.9. The van der Waals surface area contributed by atoms with Gasteiger partial charge in [-0.3, -0.25) is 19.3 Å². The third kappa shape index (κ3) is 5.31. The number of aliphatic hydroxyl groups excluding tert-OH is 1. The van der Waals surface area contributed by atoms with Crippen molar-refractivity contribution in [3.8, 4) is 11.5 Å². The lowest BCUT2D eigenvalue weighted by molar-refractivity contribution is -0.132. The van der Waals surface area contributed by atoms with Crippen LogP contribution in [-0.2, 0) is 16.2 Å². The highest BCUT2D eigenvalue weighted by Gasteiger charge is 2.48. The Morgan fingerprint density at radius 3 is 2.40 bits per heavy atom. The molecule has 0 aliphatic carbocycles. The number of aromatic nitrogens is 1. The first-order valence-electron chi connectivity index (χ1n) is 13.3. The van der Waals surface area contributed by atoms with Crippen LogP contribution in [0.15, 0.2) is 72.3 Å². The number of aliphatic hydroxyl groups is 1. The molecule has 4 aromatic rings. The monoisotopic (exact) mass is 582 g/mol. The minimum Gasteiger partial charge on any atom is -0.507 e. The number of anilines is 1. The number of benzene rings is 3. The molecular weight excluding hydrogens is 552 g/mol. The largest absolute Gasteiger partial charge is 0.507 e. The summed E-state index contributed by atoms with van der Waals surface area (Å²) in [7, 11) is 1.50. The third-order valence-electron chi connectivity index (χ3n) is 7.14. The Hall–Kier alpha value is -4.76. The van der Waals surface area contributed by atoms with Gasteiger partial charge in [0.15, 0.2) is 22.4 Å². The molecule has 1 N–H and O–H groups in total. The van der Waals surface area contributed by atoms with Crippen molar-refractivity contribution in [1.82, 2.24) is 4.98 Å². The Bertz CT molecular complexity index is 1740. The zero-order valence-corrected chi connectivity index (χ0v) is 24.7. The molecule has 1 atom stereocenters. The van der Waals surface area contributed by atoms with Gasteiger partial charge in [0.2, 0.25) is 0 Å². The fourth-order valence-corrected chi connectivity index (χ4v) is 5.99. The lowest BCUT2D eigenvalue weighted by Crippen LogP contribution is -2.29. The molecule has 1 aromatic heterocycles. The molecule has 42 heavy (non-hydrogen) atoms. The van der Waals surface area contributed by atoms with E-state index in [1.54, 1.807) is 31.2 Å². The van der Waals surface area contributed by atoms with Gasteiger partial charge in [0.1, 0.15) is 12.4 Å². The number of ether oxygens (including phenoxy) is 2. The quantitative estimate of drug-likeness (QED) is 0.110. The summed E-state index contributed by atoms with van der Waals surface area (Å²) in [6.45, 7) is 7.13. The highest BCUT2D eigenvalue weighted by molar-refractivity contribution is 7.18. The first-order chi connectivity index (χ1) is 20.1. The number of aryl methyl sites for hydroxylation is 3. The number of Topliss-reactive ketones (excluding diaryl/α,β-unsaturated/α-hetero) is 2. The Morgan fingerprint density at radius 1 is 1.00 bits per heavy atom. The molecule has 214 valence electrons. The maximum atomic E-state index is 13.6. The predicted molar refractivity (Wildman–Crippen MR) is 161 cm³/mol. The average Bonchev–Trinajstić information content (AvgIpc) is 3.49. The third-order valence-corrected chi connectivity index (χ3v) is 8.40. The topological polar surface area (TPSA) is 106 Å². The summed E-state index contributed by atoms with van der Waals surface area (Å²) in [6, 6.07) is 19.3. The summed E-state index contributed by atoms with van der Waals surface area (Å²) < 4.78 is 11.7. The van der Waals surface area contributed by atoms with Gasteiger partial charge in [0, 0.05) is 12.5 Å². The number of thiazole rings is 1. The van der Waals surface area contributed by atoms with Crippen molar-refractivity contribution in [2.75, 3.05) is 12.0 Å². The average molecular weight is 583 g/mol. The lowest BCUT2D eigenvalue weighted by Gasteiger charge is -2.24. The SMILES string of the molecule is COc1cc(C2C(=C(O)c3cc(C)ccc3C)C(=O)C(=O)N2c2nc(C)c(C(C)=O)s2)ccc1OCc1ccccc1. The van der Waals surface area contributed by atoms with Gasteiger partial charge in [-0.1, -0.05) is 65.4 Å². The zero-order chi connectivity index (χ0) is 30.1. The molecule has 3 aromatic carbocycles. The summed E-state index contributed by atoms with van der Waals surface area (Å²) in [5.41, 5.74) is 3.94.